The highest BCUT2D eigenvalue weighted by atomic mass is 32.2. The number of nitrogens with zero attached hydrogens (tertiary/aromatic N) is 1. The van der Waals surface area contributed by atoms with Crippen LogP contribution in [0, 0.1) is 23.2 Å². The third kappa shape index (κ3) is 4.83. The number of nitrogens with one attached hydrogen (secondary N) is 2. The summed E-state index contributed by atoms with van der Waals surface area (Å²) >= 11 is 2.11. The number of thioether (sulfide) groups is 1. The first kappa shape index (κ1) is 31.0. The Morgan fingerprint density at radius 2 is 1.57 bits per heavy atom. The molecule has 8 unspecified atom stereocenters. The van der Waals surface area contributed by atoms with E-state index in [9.17, 15) is 0 Å². The van der Waals surface area contributed by atoms with Gasteiger partial charge in [0.1, 0.15) is 6.04 Å². The van der Waals surface area contributed by atoms with Gasteiger partial charge < -0.3 is 5.32 Å². The molecule has 2 aliphatic heterocycles. The highest BCUT2D eigenvalue weighted by Gasteiger charge is 2.48. The van der Waals surface area contributed by atoms with Crippen LogP contribution in [0.4, 0.5) is 0 Å². The van der Waals surface area contributed by atoms with Crippen LogP contribution in [-0.2, 0) is 0 Å². The van der Waals surface area contributed by atoms with Crippen LogP contribution in [0.25, 0.3) is 32.9 Å². The second-order valence-corrected chi connectivity index (χ2v) is 16.6. The summed E-state index contributed by atoms with van der Waals surface area (Å²) in [6.07, 6.45) is 21.0. The smallest absolute Gasteiger partial charge is 0.246 e. The summed E-state index contributed by atoms with van der Waals surface area (Å²) in [6, 6.07) is 37.9. The molecule has 51 heavy (non-hydrogen) atoms. The highest BCUT2D eigenvalue weighted by Crippen LogP contribution is 2.60. The molecule has 0 saturated carbocycles. The topological polar surface area (TPSA) is 21.4 Å². The van der Waals surface area contributed by atoms with Gasteiger partial charge in [0.2, 0.25) is 6.29 Å². The molecule has 4 aromatic carbocycles. The van der Waals surface area contributed by atoms with Crippen molar-refractivity contribution in [1.82, 2.24) is 9.88 Å². The van der Waals surface area contributed by atoms with Crippen LogP contribution in [-0.4, -0.2) is 16.9 Å². The summed E-state index contributed by atoms with van der Waals surface area (Å²) in [4.78, 5) is 2.98. The first-order valence-electron chi connectivity index (χ1n) is 18.6. The Labute approximate surface area is 305 Å². The summed E-state index contributed by atoms with van der Waals surface area (Å²) in [7, 11) is 2.35. The number of para-hydroxylation sites is 1. The Balaban J connectivity index is 1.10. The van der Waals surface area contributed by atoms with E-state index in [2.05, 4.69) is 194 Å². The molecule has 0 spiro atoms. The van der Waals surface area contributed by atoms with Crippen LogP contribution in [0.15, 0.2) is 173 Å². The van der Waals surface area contributed by atoms with Crippen LogP contribution in [0.2, 0.25) is 0 Å². The number of fused-ring (bicyclic) bond motifs is 7. The Morgan fingerprint density at radius 1 is 0.804 bits per heavy atom. The molecule has 8 atom stereocenters. The predicted octanol–water partition coefficient (Wildman–Crippen LogP) is 9.93. The zero-order valence-corrected chi connectivity index (χ0v) is 30.3. The van der Waals surface area contributed by atoms with Crippen LogP contribution < -0.4 is 10.2 Å². The van der Waals surface area contributed by atoms with E-state index in [0.29, 0.717) is 23.0 Å². The molecule has 0 amide bonds. The number of aromatic nitrogens is 1. The molecule has 0 bridgehead atoms. The molecule has 252 valence electrons. The monoisotopic (exact) mass is 682 g/mol. The molecule has 0 fully saturated rings. The van der Waals surface area contributed by atoms with E-state index >= 15 is 0 Å². The second-order valence-electron chi connectivity index (χ2n) is 15.4. The van der Waals surface area contributed by atoms with E-state index in [1.807, 2.05) is 0 Å². The van der Waals surface area contributed by atoms with Gasteiger partial charge in [-0.1, -0.05) is 147 Å². The Hall–Kier alpha value is -4.77. The van der Waals surface area contributed by atoms with Crippen LogP contribution in [0.3, 0.4) is 0 Å². The number of rotatable bonds is 4. The maximum atomic E-state index is 4.14. The van der Waals surface area contributed by atoms with Gasteiger partial charge in [0.05, 0.1) is 18.1 Å². The van der Waals surface area contributed by atoms with Crippen molar-refractivity contribution in [2.45, 2.75) is 37.8 Å². The van der Waals surface area contributed by atoms with Gasteiger partial charge in [0.25, 0.3) is 0 Å². The molecule has 0 radical (unpaired) electrons. The molecule has 5 aromatic rings. The van der Waals surface area contributed by atoms with Crippen LogP contribution in [0.1, 0.15) is 38.2 Å². The van der Waals surface area contributed by atoms with Crippen molar-refractivity contribution in [3.8, 4) is 11.1 Å². The molecule has 4 heteroatoms. The number of likely N-dealkylation sites (N-methyl/N-ethyl adjacent to an activating group) is 1. The second kappa shape index (κ2) is 11.9. The van der Waals surface area contributed by atoms with E-state index < -0.39 is 0 Å². The molecule has 2 N–H and O–H groups in total. The van der Waals surface area contributed by atoms with Gasteiger partial charge in [-0.05, 0) is 57.6 Å². The number of allylic oxidation sites excluding steroid dienone is 8. The minimum Gasteiger partial charge on any atom is -0.317 e. The van der Waals surface area contributed by atoms with Gasteiger partial charge in [0, 0.05) is 44.7 Å². The quantitative estimate of drug-likeness (QED) is 0.184. The molecule has 0 saturated heterocycles. The molecule has 3 nitrogen and oxygen atoms in total. The van der Waals surface area contributed by atoms with E-state index in [0.717, 1.165) is 0 Å². The zero-order chi connectivity index (χ0) is 34.3. The Kier molecular flexibility index (Phi) is 7.23. The molecular weight excluding hydrogens is 639 g/mol. The lowest BCUT2D eigenvalue weighted by Gasteiger charge is -2.43. The molecule has 10 rings (SSSR count). The number of quaternary nitrogens is 1. The summed E-state index contributed by atoms with van der Waals surface area (Å²) < 4.78 is 2.57. The molecule has 3 aliphatic carbocycles. The van der Waals surface area contributed by atoms with Gasteiger partial charge in [-0.25, -0.2) is 0 Å². The van der Waals surface area contributed by atoms with Crippen molar-refractivity contribution in [3.05, 3.63) is 179 Å². The van der Waals surface area contributed by atoms with E-state index in [1.165, 1.54) is 66.7 Å². The van der Waals surface area contributed by atoms with Crippen molar-refractivity contribution >= 4 is 33.6 Å². The number of hydrogen-bond donors (Lipinski definition) is 2. The SMILES string of the molecule is CC1CC=CC2(C)C3=C(C=CC12)C1C=C(C2=CC(c4ccccc4)[NH+](C)C(n4c5ccccc5c5ccc(-c6ccccc6)cc54)N2)C=CC1S3. The fraction of sp³-hybridized carbons (Fsp3) is 0.234. The van der Waals surface area contributed by atoms with Gasteiger partial charge in [-0.15, -0.1) is 11.8 Å². The lowest BCUT2D eigenvalue weighted by molar-refractivity contribution is -0.951. The lowest BCUT2D eigenvalue weighted by Crippen LogP contribution is -3.12. The normalized spacial score (nSPS) is 30.8. The number of benzene rings is 4. The molecule has 3 heterocycles. The van der Waals surface area contributed by atoms with Crippen molar-refractivity contribution in [2.24, 2.45) is 23.2 Å². The Morgan fingerprint density at radius 3 is 2.41 bits per heavy atom. The summed E-state index contributed by atoms with van der Waals surface area (Å²) in [5.74, 6) is 1.61. The molecular formula is C47H44N3S+. The fourth-order valence-corrected chi connectivity index (χ4v) is 11.3. The highest BCUT2D eigenvalue weighted by molar-refractivity contribution is 8.04. The minimum absolute atomic E-state index is 0.0357. The number of hydrogen-bond acceptors (Lipinski definition) is 2. The molecule has 5 aliphatic rings. The summed E-state index contributed by atoms with van der Waals surface area (Å²) in [5.41, 5.74) is 10.4. The van der Waals surface area contributed by atoms with Crippen molar-refractivity contribution in [3.63, 3.8) is 0 Å². The van der Waals surface area contributed by atoms with Gasteiger partial charge in [0.15, 0.2) is 0 Å². The van der Waals surface area contributed by atoms with Gasteiger partial charge in [-0.3, -0.25) is 9.47 Å². The zero-order valence-electron chi connectivity index (χ0n) is 29.5. The lowest BCUT2D eigenvalue weighted by atomic mass is 9.63. The standard InChI is InChI=1S/C47H43N3S/c1-30-13-12-26-47(2)39(30)24-23-37-38-27-34(21-25-44(38)51-45(37)47)40-29-42(32-16-8-5-9-17-32)49(3)46(48-40)50-41-19-11-10-18-35(41)36-22-20-33(28-43(36)50)31-14-6-4-7-15-31/h4-12,14-30,38-39,42,44,46,48H,13H2,1-3H3/p+1. The molecule has 1 aromatic heterocycles. The van der Waals surface area contributed by atoms with E-state index in [-0.39, 0.29) is 17.7 Å². The van der Waals surface area contributed by atoms with Gasteiger partial charge in [-0.2, -0.15) is 0 Å². The van der Waals surface area contributed by atoms with Crippen LogP contribution >= 0.6 is 11.8 Å². The van der Waals surface area contributed by atoms with Crippen molar-refractivity contribution < 1.29 is 4.90 Å². The summed E-state index contributed by atoms with van der Waals surface area (Å²) in [5, 5.41) is 7.16. The van der Waals surface area contributed by atoms with Crippen molar-refractivity contribution in [1.29, 1.82) is 0 Å². The fourth-order valence-electron chi connectivity index (χ4n) is 9.73. The minimum atomic E-state index is -0.0357. The first-order valence-corrected chi connectivity index (χ1v) is 19.5. The first-order chi connectivity index (χ1) is 25.0. The average Bonchev–Trinajstić information content (AvgIpc) is 3.72. The van der Waals surface area contributed by atoms with E-state index in [4.69, 9.17) is 0 Å². The van der Waals surface area contributed by atoms with Gasteiger partial charge >= 0.3 is 0 Å². The maximum absolute atomic E-state index is 4.14. The Bertz CT molecular complexity index is 2370. The predicted molar refractivity (Wildman–Crippen MR) is 214 cm³/mol. The third-order valence-electron chi connectivity index (χ3n) is 12.4. The largest absolute Gasteiger partial charge is 0.317 e. The van der Waals surface area contributed by atoms with Crippen molar-refractivity contribution in [2.75, 3.05) is 7.05 Å². The van der Waals surface area contributed by atoms with Crippen LogP contribution in [0.5, 0.6) is 0 Å². The third-order valence-corrected chi connectivity index (χ3v) is 14.0. The average molecular weight is 683 g/mol. The van der Waals surface area contributed by atoms with E-state index in [1.54, 1.807) is 4.91 Å². The maximum Gasteiger partial charge on any atom is 0.246 e. The summed E-state index contributed by atoms with van der Waals surface area (Å²) in [6.45, 7) is 4.90.